The Hall–Kier alpha value is -1.20. The summed E-state index contributed by atoms with van der Waals surface area (Å²) < 4.78 is 12.2. The Bertz CT molecular complexity index is 688. The average Bonchev–Trinajstić information content (AvgIpc) is 3.17. The molecule has 1 aliphatic heterocycles. The predicted octanol–water partition coefficient (Wildman–Crippen LogP) is 2.01. The first-order valence-corrected chi connectivity index (χ1v) is 10.1. The zero-order valence-corrected chi connectivity index (χ0v) is 17.7. The highest BCUT2D eigenvalue weighted by Gasteiger charge is 2.19. The second-order valence-electron chi connectivity index (χ2n) is 5.39. The Labute approximate surface area is 171 Å². The van der Waals surface area contributed by atoms with Gasteiger partial charge in [0.25, 0.3) is 0 Å². The minimum absolute atomic E-state index is 0. The lowest BCUT2D eigenvalue weighted by atomic mass is 10.3. The van der Waals surface area contributed by atoms with Crippen molar-refractivity contribution in [3.63, 3.8) is 0 Å². The van der Waals surface area contributed by atoms with E-state index < -0.39 is 10.8 Å². The lowest BCUT2D eigenvalue weighted by Gasteiger charge is -2.35. The average molecular weight is 491 g/mol. The molecule has 0 radical (unpaired) electrons. The Morgan fingerprint density at radius 2 is 1.96 bits per heavy atom. The number of nitrogens with zero attached hydrogens (tertiary/aromatic N) is 4. The molecule has 1 aromatic carbocycles. The number of aromatic nitrogens is 1. The van der Waals surface area contributed by atoms with Crippen LogP contribution in [0.2, 0.25) is 0 Å². The molecule has 2 aromatic rings. The van der Waals surface area contributed by atoms with Gasteiger partial charge in [0.1, 0.15) is 0 Å². The second-order valence-corrected chi connectivity index (χ2v) is 7.84. The molecular weight excluding hydrogens is 469 g/mol. The molecule has 6 nitrogen and oxygen atoms in total. The Kier molecular flexibility index (Phi) is 8.10. The van der Waals surface area contributed by atoms with Gasteiger partial charge < -0.3 is 15.5 Å². The molecule has 0 amide bonds. The second kappa shape index (κ2) is 10.1. The monoisotopic (exact) mass is 491 g/mol. The molecule has 25 heavy (non-hydrogen) atoms. The van der Waals surface area contributed by atoms with Crippen LogP contribution >= 0.6 is 35.3 Å². The van der Waals surface area contributed by atoms with Crippen LogP contribution in [-0.2, 0) is 10.8 Å². The van der Waals surface area contributed by atoms with Crippen LogP contribution in [0.4, 0.5) is 5.13 Å². The minimum Gasteiger partial charge on any atom is -0.370 e. The van der Waals surface area contributed by atoms with Crippen molar-refractivity contribution in [2.24, 2.45) is 10.7 Å². The van der Waals surface area contributed by atoms with E-state index in [1.807, 2.05) is 41.9 Å². The molecule has 2 N–H and O–H groups in total. The van der Waals surface area contributed by atoms with E-state index in [1.54, 1.807) is 11.3 Å². The number of halogens is 1. The van der Waals surface area contributed by atoms with Crippen LogP contribution < -0.4 is 10.6 Å². The summed E-state index contributed by atoms with van der Waals surface area (Å²) >= 11 is 1.66. The van der Waals surface area contributed by atoms with E-state index in [9.17, 15) is 4.21 Å². The van der Waals surface area contributed by atoms with Crippen molar-refractivity contribution in [3.05, 3.63) is 41.9 Å². The number of rotatable bonds is 5. The quantitative estimate of drug-likeness (QED) is 0.394. The first-order chi connectivity index (χ1) is 11.7. The van der Waals surface area contributed by atoms with Gasteiger partial charge in [0.2, 0.25) is 0 Å². The van der Waals surface area contributed by atoms with Gasteiger partial charge in [-0.15, -0.1) is 35.3 Å². The molecule has 3 rings (SSSR count). The van der Waals surface area contributed by atoms with Gasteiger partial charge in [-0.2, -0.15) is 0 Å². The maximum Gasteiger partial charge on any atom is 0.191 e. The molecule has 1 atom stereocenters. The van der Waals surface area contributed by atoms with Gasteiger partial charge in [0.15, 0.2) is 11.1 Å². The molecule has 0 spiro atoms. The SMILES string of the molecule is I.NC(=NCCS(=O)c1ccccc1)N1CCN(c2nccs2)CC1. The van der Waals surface area contributed by atoms with Crippen molar-refractivity contribution >= 4 is 57.2 Å². The molecule has 1 unspecified atom stereocenters. The van der Waals surface area contributed by atoms with Gasteiger partial charge in [0, 0.05) is 48.4 Å². The fraction of sp³-hybridized carbons (Fsp3) is 0.375. The lowest BCUT2D eigenvalue weighted by Crippen LogP contribution is -2.51. The third-order valence-corrected chi connectivity index (χ3v) is 6.03. The number of nitrogens with two attached hydrogens (primary N) is 1. The minimum atomic E-state index is -1.03. The van der Waals surface area contributed by atoms with Crippen LogP contribution in [0.3, 0.4) is 0 Å². The number of piperazine rings is 1. The zero-order valence-electron chi connectivity index (χ0n) is 13.8. The number of hydrogen-bond donors (Lipinski definition) is 1. The third kappa shape index (κ3) is 5.65. The normalized spacial score (nSPS) is 16.4. The van der Waals surface area contributed by atoms with Crippen LogP contribution in [0, 0.1) is 0 Å². The lowest BCUT2D eigenvalue weighted by molar-refractivity contribution is 0.381. The topological polar surface area (TPSA) is 74.8 Å². The van der Waals surface area contributed by atoms with E-state index in [-0.39, 0.29) is 24.0 Å². The first-order valence-electron chi connectivity index (χ1n) is 7.87. The van der Waals surface area contributed by atoms with Crippen molar-refractivity contribution in [2.45, 2.75) is 4.90 Å². The highest BCUT2D eigenvalue weighted by Crippen LogP contribution is 2.18. The fourth-order valence-corrected chi connectivity index (χ4v) is 4.18. The van der Waals surface area contributed by atoms with Gasteiger partial charge in [-0.25, -0.2) is 4.98 Å². The van der Waals surface area contributed by atoms with Crippen molar-refractivity contribution in [1.29, 1.82) is 0 Å². The summed E-state index contributed by atoms with van der Waals surface area (Å²) in [5.74, 6) is 1.03. The number of hydrogen-bond acceptors (Lipinski definition) is 5. The van der Waals surface area contributed by atoms with Gasteiger partial charge >= 0.3 is 0 Å². The number of aliphatic imine (C=N–C) groups is 1. The molecule has 136 valence electrons. The number of anilines is 1. The van der Waals surface area contributed by atoms with Crippen LogP contribution in [0.15, 0.2) is 51.8 Å². The zero-order chi connectivity index (χ0) is 16.8. The summed E-state index contributed by atoms with van der Waals surface area (Å²) in [7, 11) is -1.03. The Morgan fingerprint density at radius 3 is 2.60 bits per heavy atom. The summed E-state index contributed by atoms with van der Waals surface area (Å²) in [6.45, 7) is 3.91. The molecule has 1 saturated heterocycles. The summed E-state index contributed by atoms with van der Waals surface area (Å²) in [6.07, 6.45) is 1.83. The summed E-state index contributed by atoms with van der Waals surface area (Å²) in [6, 6.07) is 9.46. The van der Waals surface area contributed by atoms with Gasteiger partial charge in [-0.05, 0) is 12.1 Å². The van der Waals surface area contributed by atoms with E-state index >= 15 is 0 Å². The predicted molar refractivity (Wildman–Crippen MR) is 116 cm³/mol. The number of benzene rings is 1. The van der Waals surface area contributed by atoms with E-state index in [2.05, 4.69) is 19.8 Å². The Morgan fingerprint density at radius 1 is 1.24 bits per heavy atom. The third-order valence-electron chi connectivity index (χ3n) is 3.85. The molecule has 1 aliphatic rings. The van der Waals surface area contributed by atoms with E-state index in [4.69, 9.17) is 5.73 Å². The number of guanidine groups is 1. The molecule has 0 saturated carbocycles. The molecule has 1 fully saturated rings. The summed E-state index contributed by atoms with van der Waals surface area (Å²) in [5.41, 5.74) is 6.08. The highest BCUT2D eigenvalue weighted by molar-refractivity contribution is 14.0. The molecule has 0 bridgehead atoms. The maximum atomic E-state index is 12.2. The smallest absolute Gasteiger partial charge is 0.191 e. The van der Waals surface area contributed by atoms with Gasteiger partial charge in [0.05, 0.1) is 17.3 Å². The van der Waals surface area contributed by atoms with E-state index in [0.29, 0.717) is 18.3 Å². The summed E-state index contributed by atoms with van der Waals surface area (Å²) in [5, 5.41) is 3.05. The van der Waals surface area contributed by atoms with E-state index in [0.717, 1.165) is 36.2 Å². The number of thiazole rings is 1. The van der Waals surface area contributed by atoms with Crippen LogP contribution in [0.25, 0.3) is 0 Å². The molecule has 9 heteroatoms. The van der Waals surface area contributed by atoms with Crippen LogP contribution in [-0.4, -0.2) is 58.5 Å². The highest BCUT2D eigenvalue weighted by atomic mass is 127. The fourth-order valence-electron chi connectivity index (χ4n) is 2.53. The summed E-state index contributed by atoms with van der Waals surface area (Å²) in [4.78, 5) is 13.9. The largest absolute Gasteiger partial charge is 0.370 e. The van der Waals surface area contributed by atoms with Crippen LogP contribution in [0.1, 0.15) is 0 Å². The van der Waals surface area contributed by atoms with Gasteiger partial charge in [-0.1, -0.05) is 18.2 Å². The first kappa shape index (κ1) is 20.1. The van der Waals surface area contributed by atoms with Crippen LogP contribution in [0.5, 0.6) is 0 Å². The van der Waals surface area contributed by atoms with Crippen molar-refractivity contribution < 1.29 is 4.21 Å². The van der Waals surface area contributed by atoms with Gasteiger partial charge in [-0.3, -0.25) is 9.20 Å². The molecule has 1 aromatic heterocycles. The van der Waals surface area contributed by atoms with Crippen molar-refractivity contribution in [1.82, 2.24) is 9.88 Å². The van der Waals surface area contributed by atoms with E-state index in [1.165, 1.54) is 0 Å². The molecule has 2 heterocycles. The Balaban J connectivity index is 0.00000225. The molecular formula is C16H22IN5OS2. The van der Waals surface area contributed by atoms with Crippen molar-refractivity contribution in [2.75, 3.05) is 43.4 Å². The standard InChI is InChI=1S/C16H21N5OS2.HI/c17-15(18-7-13-24(22)14-4-2-1-3-5-14)20-8-10-21(11-9-20)16-19-6-12-23-16;/h1-6,12H,7-11,13H2,(H2,17,18);1H. The van der Waals surface area contributed by atoms with Crippen molar-refractivity contribution in [3.8, 4) is 0 Å². The maximum absolute atomic E-state index is 12.2. The molecule has 0 aliphatic carbocycles.